The van der Waals surface area contributed by atoms with E-state index in [1.54, 1.807) is 0 Å². The zero-order chi connectivity index (χ0) is 18.4. The third-order valence-corrected chi connectivity index (χ3v) is 1.88. The fourth-order valence-electron chi connectivity index (χ4n) is 0.893. The van der Waals surface area contributed by atoms with Crippen molar-refractivity contribution in [3.8, 4) is 0 Å². The largest absolute Gasteiger partial charge is 0.458 e. The van der Waals surface area contributed by atoms with Crippen LogP contribution in [0.5, 0.6) is 0 Å². The SMILES string of the molecule is CC(F)(F)OC(F)(C(F)(F)F)C(F)(F)OC(C)(F)C(F)(F)F. The van der Waals surface area contributed by atoms with Crippen molar-refractivity contribution < 1.29 is 62.2 Å². The summed E-state index contributed by atoms with van der Waals surface area (Å²) < 4.78 is 153. The molecule has 0 aromatic heterocycles. The minimum absolute atomic E-state index is 0.610. The predicted molar refractivity (Wildman–Crippen MR) is 43.2 cm³/mol. The molecule has 14 heteroatoms. The van der Waals surface area contributed by atoms with Gasteiger partial charge in [-0.3, -0.25) is 9.47 Å². The van der Waals surface area contributed by atoms with Crippen molar-refractivity contribution in [3.63, 3.8) is 0 Å². The molecule has 22 heavy (non-hydrogen) atoms. The molecule has 0 fully saturated rings. The third-order valence-electron chi connectivity index (χ3n) is 1.88. The minimum atomic E-state index is -6.99. The lowest BCUT2D eigenvalue weighted by Crippen LogP contribution is -2.63. The molecule has 0 aliphatic carbocycles. The van der Waals surface area contributed by atoms with Crippen LogP contribution in [0.2, 0.25) is 0 Å². The Morgan fingerprint density at radius 3 is 1.14 bits per heavy atom. The van der Waals surface area contributed by atoms with E-state index in [1.807, 2.05) is 0 Å². The molecule has 0 aromatic rings. The molecular weight excluding hydrogens is 356 g/mol. The van der Waals surface area contributed by atoms with Gasteiger partial charge in [-0.2, -0.15) is 48.3 Å². The summed E-state index contributed by atoms with van der Waals surface area (Å²) in [6, 6.07) is 0. The van der Waals surface area contributed by atoms with Crippen LogP contribution in [0.25, 0.3) is 0 Å². The van der Waals surface area contributed by atoms with Crippen molar-refractivity contribution in [3.05, 3.63) is 0 Å². The molecular formula is C8H6F12O2. The summed E-state index contributed by atoms with van der Waals surface area (Å²) >= 11 is 0. The Bertz CT molecular complexity index is 391. The predicted octanol–water partition coefficient (Wildman–Crippen LogP) is 4.70. The first-order valence-corrected chi connectivity index (χ1v) is 4.83. The van der Waals surface area contributed by atoms with Crippen molar-refractivity contribution in [2.24, 2.45) is 0 Å². The van der Waals surface area contributed by atoms with Crippen LogP contribution in [-0.2, 0) is 9.47 Å². The Hall–Kier alpha value is -0.920. The second kappa shape index (κ2) is 5.32. The summed E-state index contributed by atoms with van der Waals surface area (Å²) in [5.74, 6) is -12.2. The summed E-state index contributed by atoms with van der Waals surface area (Å²) in [7, 11) is 0. The van der Waals surface area contributed by atoms with E-state index in [4.69, 9.17) is 0 Å². The third kappa shape index (κ3) is 4.30. The maximum atomic E-state index is 13.3. The average molecular weight is 362 g/mol. The van der Waals surface area contributed by atoms with E-state index in [1.165, 1.54) is 0 Å². The van der Waals surface area contributed by atoms with E-state index < -0.39 is 50.1 Å². The van der Waals surface area contributed by atoms with Gasteiger partial charge in [0.25, 0.3) is 0 Å². The van der Waals surface area contributed by atoms with Crippen molar-refractivity contribution >= 4 is 0 Å². The van der Waals surface area contributed by atoms with Crippen molar-refractivity contribution in [2.45, 2.75) is 50.1 Å². The molecule has 0 aromatic carbocycles. The number of rotatable bonds is 5. The van der Waals surface area contributed by atoms with Crippen LogP contribution in [-0.4, -0.2) is 36.3 Å². The standard InChI is InChI=1S/C8H6F12O2/c1-3(9,6(13,14)15)21-8(19,20)5(12,7(16,17)18)22-4(2,10)11/h1-2H3. The van der Waals surface area contributed by atoms with Gasteiger partial charge in [0, 0.05) is 13.8 Å². The molecule has 0 heterocycles. The molecule has 0 aliphatic heterocycles. The second-order valence-corrected chi connectivity index (χ2v) is 4.04. The Labute approximate surface area is 114 Å². The Morgan fingerprint density at radius 2 is 0.909 bits per heavy atom. The lowest BCUT2D eigenvalue weighted by Gasteiger charge is -2.38. The molecule has 0 spiro atoms. The Kier molecular flexibility index (Phi) is 5.09. The monoisotopic (exact) mass is 362 g/mol. The molecule has 2 atom stereocenters. The average Bonchev–Trinajstić information content (AvgIpc) is 2.08. The molecule has 134 valence electrons. The normalized spacial score (nSPS) is 20.5. The van der Waals surface area contributed by atoms with Gasteiger partial charge >= 0.3 is 36.3 Å². The van der Waals surface area contributed by atoms with E-state index in [0.717, 1.165) is 0 Å². The maximum Gasteiger partial charge on any atom is 0.458 e. The molecule has 0 radical (unpaired) electrons. The van der Waals surface area contributed by atoms with Gasteiger partial charge in [0.15, 0.2) is 0 Å². The molecule has 0 bridgehead atoms. The van der Waals surface area contributed by atoms with Gasteiger partial charge < -0.3 is 0 Å². The maximum absolute atomic E-state index is 13.3. The smallest absolute Gasteiger partial charge is 0.270 e. The molecule has 0 saturated carbocycles. The van der Waals surface area contributed by atoms with Crippen LogP contribution >= 0.6 is 0 Å². The summed E-state index contributed by atoms with van der Waals surface area (Å²) in [6.07, 6.45) is -25.3. The first-order chi connectivity index (χ1) is 9.16. The number of alkyl halides is 12. The van der Waals surface area contributed by atoms with Gasteiger partial charge in [-0.25, -0.2) is 4.39 Å². The topological polar surface area (TPSA) is 18.5 Å². The van der Waals surface area contributed by atoms with E-state index in [9.17, 15) is 52.7 Å². The van der Waals surface area contributed by atoms with Crippen LogP contribution in [0.4, 0.5) is 52.7 Å². The highest BCUT2D eigenvalue weighted by molar-refractivity contribution is 4.90. The van der Waals surface area contributed by atoms with Gasteiger partial charge in [-0.15, -0.1) is 0 Å². The van der Waals surface area contributed by atoms with E-state index in [0.29, 0.717) is 0 Å². The lowest BCUT2D eigenvalue weighted by atomic mass is 10.2. The molecule has 0 saturated heterocycles. The van der Waals surface area contributed by atoms with Crippen molar-refractivity contribution in [2.75, 3.05) is 0 Å². The highest BCUT2D eigenvalue weighted by Gasteiger charge is 2.79. The molecule has 0 amide bonds. The van der Waals surface area contributed by atoms with Crippen molar-refractivity contribution in [1.29, 1.82) is 0 Å². The van der Waals surface area contributed by atoms with E-state index in [2.05, 4.69) is 9.47 Å². The summed E-state index contributed by atoms with van der Waals surface area (Å²) in [5, 5.41) is 0. The Morgan fingerprint density at radius 1 is 0.545 bits per heavy atom. The summed E-state index contributed by atoms with van der Waals surface area (Å²) in [6.45, 7) is -1.43. The molecule has 0 rings (SSSR count). The van der Waals surface area contributed by atoms with Crippen LogP contribution in [0.15, 0.2) is 0 Å². The van der Waals surface area contributed by atoms with Crippen LogP contribution in [0.1, 0.15) is 13.8 Å². The molecule has 2 nitrogen and oxygen atoms in total. The van der Waals surface area contributed by atoms with Crippen molar-refractivity contribution in [1.82, 2.24) is 0 Å². The van der Waals surface area contributed by atoms with E-state index in [-0.39, 0.29) is 0 Å². The van der Waals surface area contributed by atoms with Crippen LogP contribution in [0.3, 0.4) is 0 Å². The highest BCUT2D eigenvalue weighted by Crippen LogP contribution is 2.52. The summed E-state index contributed by atoms with van der Waals surface area (Å²) in [4.78, 5) is 0. The van der Waals surface area contributed by atoms with Crippen LogP contribution in [0, 0.1) is 0 Å². The molecule has 0 N–H and O–H groups in total. The van der Waals surface area contributed by atoms with Gasteiger partial charge in [0.1, 0.15) is 0 Å². The van der Waals surface area contributed by atoms with Gasteiger partial charge in [-0.05, 0) is 0 Å². The lowest BCUT2D eigenvalue weighted by molar-refractivity contribution is -0.526. The fraction of sp³-hybridized carbons (Fsp3) is 1.00. The summed E-state index contributed by atoms with van der Waals surface area (Å²) in [5.41, 5.74) is 0. The fourth-order valence-corrected chi connectivity index (χ4v) is 0.893. The molecule has 0 aliphatic rings. The number of hydrogen-bond donors (Lipinski definition) is 0. The minimum Gasteiger partial charge on any atom is -0.270 e. The zero-order valence-corrected chi connectivity index (χ0v) is 10.4. The van der Waals surface area contributed by atoms with Crippen LogP contribution < -0.4 is 0 Å². The number of halogens is 12. The van der Waals surface area contributed by atoms with E-state index >= 15 is 0 Å². The first kappa shape index (κ1) is 21.1. The second-order valence-electron chi connectivity index (χ2n) is 4.04. The Balaban J connectivity index is 5.85. The number of hydrogen-bond acceptors (Lipinski definition) is 2. The quantitative estimate of drug-likeness (QED) is 0.660. The first-order valence-electron chi connectivity index (χ1n) is 4.83. The highest BCUT2D eigenvalue weighted by atomic mass is 19.4. The van der Waals surface area contributed by atoms with Gasteiger partial charge in [-0.1, -0.05) is 0 Å². The van der Waals surface area contributed by atoms with Gasteiger partial charge in [0.05, 0.1) is 0 Å². The zero-order valence-electron chi connectivity index (χ0n) is 10.4. The number of ether oxygens (including phenoxy) is 2. The van der Waals surface area contributed by atoms with Gasteiger partial charge in [0.2, 0.25) is 0 Å². The molecule has 2 unspecified atom stereocenters.